The Labute approximate surface area is 157 Å². The molecule has 0 aliphatic carbocycles. The summed E-state index contributed by atoms with van der Waals surface area (Å²) in [6.45, 7) is 0.00699. The third-order valence-electron chi connectivity index (χ3n) is 5.19. The van der Waals surface area contributed by atoms with Crippen LogP contribution in [0.3, 0.4) is 0 Å². The molecule has 8 nitrogen and oxygen atoms in total. The van der Waals surface area contributed by atoms with Crippen LogP contribution < -0.4 is 18.9 Å². The number of phenols is 2. The Morgan fingerprint density at radius 3 is 2.43 bits per heavy atom. The highest BCUT2D eigenvalue weighted by atomic mass is 16.7. The molecule has 0 amide bonds. The lowest BCUT2D eigenvalue weighted by atomic mass is 9.88. The lowest BCUT2D eigenvalue weighted by Gasteiger charge is -2.16. The number of fused-ring (bicyclic) bond motifs is 5. The first-order valence-electron chi connectivity index (χ1n) is 8.53. The summed E-state index contributed by atoms with van der Waals surface area (Å²) in [5, 5.41) is 22.4. The van der Waals surface area contributed by atoms with E-state index in [9.17, 15) is 15.0 Å². The van der Waals surface area contributed by atoms with Gasteiger partial charge in [-0.1, -0.05) is 0 Å². The van der Waals surface area contributed by atoms with E-state index in [0.717, 1.165) is 0 Å². The van der Waals surface area contributed by atoms with Gasteiger partial charge >= 0.3 is 5.97 Å². The third-order valence-corrected chi connectivity index (χ3v) is 5.19. The average Bonchev–Trinajstić information content (AvgIpc) is 3.41. The van der Waals surface area contributed by atoms with Crippen molar-refractivity contribution in [2.45, 2.75) is 6.61 Å². The number of carbonyl (C=O) groups excluding carboxylic acids is 1. The van der Waals surface area contributed by atoms with Gasteiger partial charge in [-0.2, -0.15) is 0 Å². The molecule has 140 valence electrons. The number of ether oxygens (including phenoxy) is 5. The molecule has 0 saturated carbocycles. The van der Waals surface area contributed by atoms with E-state index >= 15 is 0 Å². The molecule has 0 bridgehead atoms. The summed E-state index contributed by atoms with van der Waals surface area (Å²) >= 11 is 0. The van der Waals surface area contributed by atoms with E-state index in [1.165, 1.54) is 6.07 Å². The van der Waals surface area contributed by atoms with E-state index < -0.39 is 5.97 Å². The van der Waals surface area contributed by atoms with Crippen LogP contribution in [-0.4, -0.2) is 29.8 Å². The van der Waals surface area contributed by atoms with Crippen LogP contribution in [-0.2, 0) is 11.3 Å². The van der Waals surface area contributed by atoms with Gasteiger partial charge in [0, 0.05) is 33.5 Å². The normalized spacial score (nSPS) is 15.8. The molecule has 0 saturated heterocycles. The van der Waals surface area contributed by atoms with Gasteiger partial charge in [-0.3, -0.25) is 0 Å². The molecule has 3 aromatic carbocycles. The molecular weight excluding hydrogens is 368 g/mol. The second-order valence-electron chi connectivity index (χ2n) is 6.60. The van der Waals surface area contributed by atoms with E-state index in [-0.39, 0.29) is 37.3 Å². The molecule has 0 atom stereocenters. The fourth-order valence-electron chi connectivity index (χ4n) is 3.95. The van der Waals surface area contributed by atoms with Crippen LogP contribution in [0, 0.1) is 0 Å². The Morgan fingerprint density at radius 2 is 1.57 bits per heavy atom. The van der Waals surface area contributed by atoms with E-state index in [0.29, 0.717) is 50.5 Å². The molecule has 0 fully saturated rings. The van der Waals surface area contributed by atoms with Gasteiger partial charge in [0.1, 0.15) is 18.1 Å². The Balaban J connectivity index is 1.80. The SMILES string of the molecule is O=C1OCc2c1c(-c1cc3c(cc1O)OCO3)c1c3c(ccc1c2O)OCO3. The van der Waals surface area contributed by atoms with Gasteiger partial charge in [0.2, 0.25) is 13.6 Å². The monoisotopic (exact) mass is 380 g/mol. The summed E-state index contributed by atoms with van der Waals surface area (Å²) in [5.74, 6) is 0.984. The van der Waals surface area contributed by atoms with Crippen LogP contribution in [0.5, 0.6) is 34.5 Å². The highest BCUT2D eigenvalue weighted by Gasteiger charge is 2.35. The van der Waals surface area contributed by atoms with Crippen molar-refractivity contribution in [1.82, 2.24) is 0 Å². The van der Waals surface area contributed by atoms with Gasteiger partial charge in [0.05, 0.1) is 5.56 Å². The van der Waals surface area contributed by atoms with Crippen LogP contribution >= 0.6 is 0 Å². The molecule has 8 heteroatoms. The molecule has 3 aliphatic heterocycles. The third kappa shape index (κ3) is 1.81. The smallest absolute Gasteiger partial charge is 0.339 e. The number of hydrogen-bond acceptors (Lipinski definition) is 8. The zero-order valence-electron chi connectivity index (χ0n) is 14.3. The first kappa shape index (κ1) is 15.3. The van der Waals surface area contributed by atoms with Crippen molar-refractivity contribution in [2.75, 3.05) is 13.6 Å². The number of cyclic esters (lactones) is 1. The van der Waals surface area contributed by atoms with E-state index in [1.54, 1.807) is 18.2 Å². The average molecular weight is 380 g/mol. The van der Waals surface area contributed by atoms with Crippen molar-refractivity contribution in [1.29, 1.82) is 0 Å². The minimum absolute atomic E-state index is 0.0172. The number of hydrogen-bond donors (Lipinski definition) is 2. The molecular formula is C20H12O8. The van der Waals surface area contributed by atoms with Crippen molar-refractivity contribution in [2.24, 2.45) is 0 Å². The fraction of sp³-hybridized carbons (Fsp3) is 0.150. The van der Waals surface area contributed by atoms with Crippen LogP contribution in [0.1, 0.15) is 15.9 Å². The summed E-state index contributed by atoms with van der Waals surface area (Å²) in [6.07, 6.45) is 0. The molecule has 6 rings (SSSR count). The van der Waals surface area contributed by atoms with Crippen molar-refractivity contribution in [3.05, 3.63) is 35.4 Å². The maximum atomic E-state index is 12.6. The zero-order chi connectivity index (χ0) is 19.0. The summed E-state index contributed by atoms with van der Waals surface area (Å²) in [7, 11) is 0. The molecule has 3 aromatic rings. The van der Waals surface area contributed by atoms with Gasteiger partial charge in [-0.15, -0.1) is 0 Å². The summed E-state index contributed by atoms with van der Waals surface area (Å²) in [4.78, 5) is 12.6. The molecule has 28 heavy (non-hydrogen) atoms. The Hall–Kier alpha value is -3.81. The van der Waals surface area contributed by atoms with Crippen molar-refractivity contribution in [3.63, 3.8) is 0 Å². The maximum Gasteiger partial charge on any atom is 0.339 e. The molecule has 3 heterocycles. The van der Waals surface area contributed by atoms with Gasteiger partial charge < -0.3 is 33.9 Å². The topological polar surface area (TPSA) is 104 Å². The molecule has 0 spiro atoms. The summed E-state index contributed by atoms with van der Waals surface area (Å²) in [5.41, 5.74) is 1.28. The van der Waals surface area contributed by atoms with Crippen molar-refractivity contribution in [3.8, 4) is 45.6 Å². The number of rotatable bonds is 1. The number of carbonyl (C=O) groups is 1. The quantitative estimate of drug-likeness (QED) is 0.621. The Morgan fingerprint density at radius 1 is 0.821 bits per heavy atom. The fourth-order valence-corrected chi connectivity index (χ4v) is 3.95. The second kappa shape index (κ2) is 5.13. The van der Waals surface area contributed by atoms with E-state index in [1.807, 2.05) is 0 Å². The molecule has 0 unspecified atom stereocenters. The second-order valence-corrected chi connectivity index (χ2v) is 6.60. The van der Waals surface area contributed by atoms with Gasteiger partial charge in [0.15, 0.2) is 23.0 Å². The van der Waals surface area contributed by atoms with Crippen LogP contribution in [0.4, 0.5) is 0 Å². The van der Waals surface area contributed by atoms with Gasteiger partial charge in [-0.05, 0) is 18.2 Å². The van der Waals surface area contributed by atoms with Gasteiger partial charge in [-0.25, -0.2) is 4.79 Å². The lowest BCUT2D eigenvalue weighted by Crippen LogP contribution is -2.00. The van der Waals surface area contributed by atoms with Crippen molar-refractivity contribution < 1.29 is 38.7 Å². The predicted molar refractivity (Wildman–Crippen MR) is 94.1 cm³/mol. The highest BCUT2D eigenvalue weighted by Crippen LogP contribution is 2.53. The van der Waals surface area contributed by atoms with Crippen LogP contribution in [0.2, 0.25) is 0 Å². The molecule has 0 aromatic heterocycles. The number of benzene rings is 3. The number of esters is 1. The molecule has 3 aliphatic rings. The maximum absolute atomic E-state index is 12.6. The first-order valence-corrected chi connectivity index (χ1v) is 8.53. The first-order chi connectivity index (χ1) is 13.6. The largest absolute Gasteiger partial charge is 0.507 e. The van der Waals surface area contributed by atoms with E-state index in [4.69, 9.17) is 23.7 Å². The van der Waals surface area contributed by atoms with Crippen molar-refractivity contribution >= 4 is 16.7 Å². The van der Waals surface area contributed by atoms with Crippen LogP contribution in [0.15, 0.2) is 24.3 Å². The minimum atomic E-state index is -0.587. The summed E-state index contributed by atoms with van der Waals surface area (Å²) in [6, 6.07) is 6.42. The number of phenolic OH excluding ortho intramolecular Hbond substituents is 2. The highest BCUT2D eigenvalue weighted by molar-refractivity contribution is 6.16. The van der Waals surface area contributed by atoms with Crippen LogP contribution in [0.25, 0.3) is 21.9 Å². The Bertz CT molecular complexity index is 1210. The summed E-state index contributed by atoms with van der Waals surface area (Å²) < 4.78 is 27.0. The lowest BCUT2D eigenvalue weighted by molar-refractivity contribution is 0.0535. The molecule has 0 radical (unpaired) electrons. The zero-order valence-corrected chi connectivity index (χ0v) is 14.3. The Kier molecular flexibility index (Phi) is 2.80. The van der Waals surface area contributed by atoms with E-state index in [2.05, 4.69) is 0 Å². The molecule has 2 N–H and O–H groups in total. The minimum Gasteiger partial charge on any atom is -0.507 e. The standard InChI is InChI=1S/C20H12O8/c21-11-4-14-13(26-6-27-14)3-9(11)15-16-8(1-2-12-19(16)28-7-25-12)18(22)10-5-24-20(23)17(10)15/h1-4,21-22H,5-7H2. The van der Waals surface area contributed by atoms with Gasteiger partial charge in [0.25, 0.3) is 0 Å². The number of aromatic hydroxyl groups is 2. The predicted octanol–water partition coefficient (Wildman–Crippen LogP) is 3.05.